The van der Waals surface area contributed by atoms with Gasteiger partial charge in [0, 0.05) is 24.7 Å². The van der Waals surface area contributed by atoms with Crippen LogP contribution in [-0.2, 0) is 0 Å². The first-order valence-electron chi connectivity index (χ1n) is 6.94. The minimum Gasteiger partial charge on any atom is -0.333 e. The van der Waals surface area contributed by atoms with Crippen LogP contribution in [0.5, 0.6) is 0 Å². The van der Waals surface area contributed by atoms with Gasteiger partial charge in [0.1, 0.15) is 0 Å². The second-order valence-electron chi connectivity index (χ2n) is 5.38. The quantitative estimate of drug-likeness (QED) is 0.666. The molecule has 2 aliphatic rings. The first-order chi connectivity index (χ1) is 9.65. The number of nitro groups is 1. The number of nitrogens with one attached hydrogen (secondary N) is 1. The van der Waals surface area contributed by atoms with Gasteiger partial charge in [0.15, 0.2) is 0 Å². The molecule has 7 heteroatoms. The molecule has 0 bridgehead atoms. The standard InChI is InChI=1S/C13H17N3O3S/c17-13(11-5-6-12(20-11)16(18)19)15(10-3-4-10)8-9-2-1-7-14-9/h5-6,9-10,14H,1-4,7-8H2. The van der Waals surface area contributed by atoms with Crippen molar-refractivity contribution in [2.24, 2.45) is 0 Å². The zero-order valence-electron chi connectivity index (χ0n) is 11.1. The maximum absolute atomic E-state index is 12.5. The van der Waals surface area contributed by atoms with E-state index in [0.29, 0.717) is 17.0 Å². The summed E-state index contributed by atoms with van der Waals surface area (Å²) in [7, 11) is 0. The van der Waals surface area contributed by atoms with Crippen LogP contribution in [0.15, 0.2) is 12.1 Å². The number of thiophene rings is 1. The van der Waals surface area contributed by atoms with Crippen LogP contribution in [0.2, 0.25) is 0 Å². The molecule has 108 valence electrons. The molecule has 0 aromatic carbocycles. The molecule has 6 nitrogen and oxygen atoms in total. The number of hydrogen-bond acceptors (Lipinski definition) is 5. The van der Waals surface area contributed by atoms with E-state index in [9.17, 15) is 14.9 Å². The third-order valence-electron chi connectivity index (χ3n) is 3.81. The summed E-state index contributed by atoms with van der Waals surface area (Å²) in [6.45, 7) is 1.73. The van der Waals surface area contributed by atoms with Crippen LogP contribution >= 0.6 is 11.3 Å². The lowest BCUT2D eigenvalue weighted by Crippen LogP contribution is -2.42. The van der Waals surface area contributed by atoms with Crippen molar-refractivity contribution < 1.29 is 9.72 Å². The molecule has 1 aromatic heterocycles. The normalized spacial score (nSPS) is 21.9. The van der Waals surface area contributed by atoms with Crippen LogP contribution in [0.3, 0.4) is 0 Å². The predicted molar refractivity (Wildman–Crippen MR) is 76.1 cm³/mol. The molecule has 0 spiro atoms. The van der Waals surface area contributed by atoms with Gasteiger partial charge in [-0.25, -0.2) is 0 Å². The molecule has 1 saturated carbocycles. The van der Waals surface area contributed by atoms with Gasteiger partial charge in [-0.2, -0.15) is 0 Å². The van der Waals surface area contributed by atoms with Crippen LogP contribution in [-0.4, -0.2) is 40.9 Å². The summed E-state index contributed by atoms with van der Waals surface area (Å²) < 4.78 is 0. The molecule has 20 heavy (non-hydrogen) atoms. The van der Waals surface area contributed by atoms with E-state index in [1.165, 1.54) is 6.07 Å². The van der Waals surface area contributed by atoms with Gasteiger partial charge >= 0.3 is 5.00 Å². The summed E-state index contributed by atoms with van der Waals surface area (Å²) in [5.74, 6) is -0.0562. The van der Waals surface area contributed by atoms with Gasteiger partial charge in [-0.1, -0.05) is 11.3 Å². The summed E-state index contributed by atoms with van der Waals surface area (Å²) in [5.41, 5.74) is 0. The Morgan fingerprint density at radius 3 is 2.80 bits per heavy atom. The molecule has 1 aromatic rings. The Kier molecular flexibility index (Phi) is 3.71. The van der Waals surface area contributed by atoms with Crippen molar-refractivity contribution in [1.82, 2.24) is 10.2 Å². The van der Waals surface area contributed by atoms with E-state index in [1.807, 2.05) is 4.90 Å². The first-order valence-corrected chi connectivity index (χ1v) is 7.75. The maximum atomic E-state index is 12.5. The number of amides is 1. The number of carbonyl (C=O) groups excluding carboxylic acids is 1. The van der Waals surface area contributed by atoms with E-state index in [-0.39, 0.29) is 10.9 Å². The van der Waals surface area contributed by atoms with Crippen LogP contribution in [0.1, 0.15) is 35.4 Å². The Balaban J connectivity index is 1.72. The van der Waals surface area contributed by atoms with Crippen LogP contribution in [0.4, 0.5) is 5.00 Å². The second kappa shape index (κ2) is 5.49. The van der Waals surface area contributed by atoms with E-state index in [0.717, 1.165) is 50.1 Å². The van der Waals surface area contributed by atoms with Crippen LogP contribution in [0.25, 0.3) is 0 Å². The lowest BCUT2D eigenvalue weighted by atomic mass is 10.2. The average molecular weight is 295 g/mol. The SMILES string of the molecule is O=C(c1ccc([N+](=O)[O-])s1)N(CC1CCCN1)C1CC1. The van der Waals surface area contributed by atoms with Gasteiger partial charge in [0.25, 0.3) is 5.91 Å². The molecule has 1 aliphatic heterocycles. The summed E-state index contributed by atoms with van der Waals surface area (Å²) in [6.07, 6.45) is 4.35. The van der Waals surface area contributed by atoms with E-state index in [1.54, 1.807) is 6.07 Å². The number of carbonyl (C=O) groups is 1. The van der Waals surface area contributed by atoms with E-state index in [2.05, 4.69) is 5.32 Å². The molecule has 3 rings (SSSR count). The maximum Gasteiger partial charge on any atom is 0.324 e. The molecule has 1 saturated heterocycles. The molecular weight excluding hydrogens is 278 g/mol. The van der Waals surface area contributed by atoms with Gasteiger partial charge in [-0.05, 0) is 38.3 Å². The second-order valence-corrected chi connectivity index (χ2v) is 6.44. The molecule has 1 atom stereocenters. The van der Waals surface area contributed by atoms with E-state index < -0.39 is 4.92 Å². The van der Waals surface area contributed by atoms with Gasteiger partial charge < -0.3 is 10.2 Å². The highest BCUT2D eigenvalue weighted by Gasteiger charge is 2.35. The first kappa shape index (κ1) is 13.5. The average Bonchev–Trinajstić information content (AvgIpc) is 2.95. The predicted octanol–water partition coefficient (Wildman–Crippen LogP) is 2.01. The number of hydrogen-bond donors (Lipinski definition) is 1. The van der Waals surface area contributed by atoms with Crippen molar-refractivity contribution in [3.63, 3.8) is 0 Å². The van der Waals surface area contributed by atoms with Crippen molar-refractivity contribution in [2.75, 3.05) is 13.1 Å². The molecule has 1 aliphatic carbocycles. The van der Waals surface area contributed by atoms with Crippen molar-refractivity contribution >= 4 is 22.2 Å². The van der Waals surface area contributed by atoms with Crippen LogP contribution < -0.4 is 5.32 Å². The van der Waals surface area contributed by atoms with Crippen molar-refractivity contribution in [1.29, 1.82) is 0 Å². The highest BCUT2D eigenvalue weighted by Crippen LogP contribution is 2.32. The summed E-state index contributed by atoms with van der Waals surface area (Å²) in [5, 5.41) is 14.1. The molecule has 2 fully saturated rings. The monoisotopic (exact) mass is 295 g/mol. The van der Waals surface area contributed by atoms with Crippen molar-refractivity contribution in [2.45, 2.75) is 37.8 Å². The summed E-state index contributed by atoms with van der Waals surface area (Å²) >= 11 is 0.970. The van der Waals surface area contributed by atoms with Crippen molar-refractivity contribution in [3.8, 4) is 0 Å². The van der Waals surface area contributed by atoms with E-state index in [4.69, 9.17) is 0 Å². The summed E-state index contributed by atoms with van der Waals surface area (Å²) in [4.78, 5) is 25.2. The van der Waals surface area contributed by atoms with Gasteiger partial charge in [-0.15, -0.1) is 0 Å². The fourth-order valence-corrected chi connectivity index (χ4v) is 3.39. The molecule has 1 N–H and O–H groups in total. The fraction of sp³-hybridized carbons (Fsp3) is 0.615. The Hall–Kier alpha value is -1.47. The fourth-order valence-electron chi connectivity index (χ4n) is 2.62. The zero-order chi connectivity index (χ0) is 14.1. The molecule has 0 radical (unpaired) electrons. The highest BCUT2D eigenvalue weighted by atomic mass is 32.1. The van der Waals surface area contributed by atoms with Gasteiger partial charge in [-0.3, -0.25) is 14.9 Å². The molecule has 1 amide bonds. The molecule has 2 heterocycles. The topological polar surface area (TPSA) is 75.5 Å². The van der Waals surface area contributed by atoms with Gasteiger partial charge in [0.2, 0.25) is 0 Å². The zero-order valence-corrected chi connectivity index (χ0v) is 11.9. The molecular formula is C13H17N3O3S. The highest BCUT2D eigenvalue weighted by molar-refractivity contribution is 7.17. The van der Waals surface area contributed by atoms with Crippen LogP contribution in [0, 0.1) is 10.1 Å². The Morgan fingerprint density at radius 2 is 2.25 bits per heavy atom. The third-order valence-corrected chi connectivity index (χ3v) is 4.84. The lowest BCUT2D eigenvalue weighted by Gasteiger charge is -2.25. The number of rotatable bonds is 5. The smallest absolute Gasteiger partial charge is 0.324 e. The molecule has 1 unspecified atom stereocenters. The van der Waals surface area contributed by atoms with Crippen molar-refractivity contribution in [3.05, 3.63) is 27.1 Å². The Bertz CT molecular complexity index is 521. The summed E-state index contributed by atoms with van der Waals surface area (Å²) in [6, 6.07) is 3.68. The largest absolute Gasteiger partial charge is 0.333 e. The van der Waals surface area contributed by atoms with Gasteiger partial charge in [0.05, 0.1) is 9.80 Å². The minimum absolute atomic E-state index is 0.0306. The third kappa shape index (κ3) is 2.83. The minimum atomic E-state index is -0.443. The lowest BCUT2D eigenvalue weighted by molar-refractivity contribution is -0.380. The van der Waals surface area contributed by atoms with E-state index >= 15 is 0 Å². The Labute approximate surface area is 120 Å². The Morgan fingerprint density at radius 1 is 1.45 bits per heavy atom. The number of nitrogens with zero attached hydrogens (tertiary/aromatic N) is 2.